The second-order valence-corrected chi connectivity index (χ2v) is 20.1. The van der Waals surface area contributed by atoms with Crippen LogP contribution in [-0.4, -0.2) is 131 Å². The lowest BCUT2D eigenvalue weighted by Gasteiger charge is -2.19. The number of amides is 5. The number of nitrogen functional groups attached to an aromatic ring is 1. The SMILES string of the molecule is Nc1nc(=O)n([C@@H]2O[C@H](COP(=O)(O)OP(=O)(O)OP(=O)(O)O)[C@@H](O)[C@H]2O)cc1/C=C/CNC(=O)CCCNC(=O)CCCCCNC(=O)CCCC[C@H]1SC[C@H]2NC(=O)N[C@H]21. The maximum atomic E-state index is 12.6. The number of carbonyl (C=O) groups is 4. The average molecular weight is 963 g/mol. The van der Waals surface area contributed by atoms with Crippen LogP contribution in [0.4, 0.5) is 10.6 Å². The van der Waals surface area contributed by atoms with E-state index < -0.39 is 60.3 Å². The standard InChI is InChI=1S/C32H53N8O18P3S/c33-29-19(16-40(32(47)39-29)30-28(45)27(44)21(56-30)17-55-60(51,52)58-61(53,54)57-59(48,49)50)8-6-14-35-25(43)12-7-15-36-23(41)10-2-1-5-13-34-24(42)11-4-3-9-22-26-20(18-62-22)37-31(46)38-26/h6,8,16,20-22,26-28,30,44-45H,1-5,7,9-15,17-18H2,(H,34,42)(H,35,43)(H,36,41)(H,51,52)(H,53,54)(H2,33,39,47)(H2,37,38,46)(H2,48,49,50)/b8-6+/t20-,21-,22-,26-,27-,28-,30-/m1/s1. The number of aliphatic hydroxyl groups excluding tert-OH is 2. The Labute approximate surface area is 358 Å². The van der Waals surface area contributed by atoms with E-state index in [-0.39, 0.29) is 66.7 Å². The second-order valence-electron chi connectivity index (χ2n) is 14.4. The Bertz CT molecular complexity index is 1970. The molecule has 3 aliphatic rings. The number of anilines is 1. The Morgan fingerprint density at radius 2 is 1.53 bits per heavy atom. The molecule has 0 bridgehead atoms. The maximum absolute atomic E-state index is 12.6. The molecule has 9 atom stereocenters. The first-order chi connectivity index (χ1) is 29.1. The van der Waals surface area contributed by atoms with Gasteiger partial charge in [-0.25, -0.2) is 23.3 Å². The van der Waals surface area contributed by atoms with Crippen molar-refractivity contribution in [3.63, 3.8) is 0 Å². The van der Waals surface area contributed by atoms with E-state index >= 15 is 0 Å². The molecule has 4 heterocycles. The van der Waals surface area contributed by atoms with E-state index in [4.69, 9.17) is 20.3 Å². The lowest BCUT2D eigenvalue weighted by Crippen LogP contribution is -2.36. The molecule has 0 aliphatic carbocycles. The van der Waals surface area contributed by atoms with Crippen LogP contribution in [-0.2, 0) is 46.0 Å². The number of ether oxygens (including phenoxy) is 1. The number of nitrogens with zero attached hydrogens (tertiary/aromatic N) is 2. The van der Waals surface area contributed by atoms with E-state index in [1.807, 2.05) is 11.8 Å². The molecule has 3 saturated heterocycles. The molecule has 5 amide bonds. The highest BCUT2D eigenvalue weighted by Gasteiger charge is 2.47. The van der Waals surface area contributed by atoms with Gasteiger partial charge in [0.25, 0.3) is 0 Å². The summed E-state index contributed by atoms with van der Waals surface area (Å²) in [5.74, 6) is 0.205. The predicted octanol–water partition coefficient (Wildman–Crippen LogP) is -0.784. The van der Waals surface area contributed by atoms with Gasteiger partial charge in [0.15, 0.2) is 6.23 Å². The molecule has 26 nitrogen and oxygen atoms in total. The fourth-order valence-electron chi connectivity index (χ4n) is 6.56. The summed E-state index contributed by atoms with van der Waals surface area (Å²) in [5.41, 5.74) is 4.93. The van der Waals surface area contributed by atoms with Crippen molar-refractivity contribution >= 4 is 70.9 Å². The monoisotopic (exact) mass is 962 g/mol. The van der Waals surface area contributed by atoms with Crippen molar-refractivity contribution in [2.24, 2.45) is 0 Å². The largest absolute Gasteiger partial charge is 0.490 e. The number of carbonyl (C=O) groups excluding carboxylic acids is 4. The van der Waals surface area contributed by atoms with Crippen LogP contribution in [0.5, 0.6) is 0 Å². The van der Waals surface area contributed by atoms with Crippen molar-refractivity contribution in [3.8, 4) is 0 Å². The topological polar surface area (TPSA) is 399 Å². The summed E-state index contributed by atoms with van der Waals surface area (Å²) in [6.45, 7) is -0.260. The van der Waals surface area contributed by atoms with Crippen LogP contribution in [0.2, 0.25) is 0 Å². The zero-order valence-corrected chi connectivity index (χ0v) is 36.7. The molecule has 1 aromatic rings. The number of rotatable bonds is 26. The molecule has 1 aromatic heterocycles. The second kappa shape index (κ2) is 23.6. The summed E-state index contributed by atoms with van der Waals surface area (Å²) in [7, 11) is -17.0. The Morgan fingerprint density at radius 1 is 0.887 bits per heavy atom. The summed E-state index contributed by atoms with van der Waals surface area (Å²) in [6.07, 6.45) is 2.98. The number of phosphoric acid groups is 3. The van der Waals surface area contributed by atoms with Crippen molar-refractivity contribution in [1.29, 1.82) is 0 Å². The first-order valence-electron chi connectivity index (χ1n) is 19.5. The summed E-state index contributed by atoms with van der Waals surface area (Å²) in [5, 5.41) is 35.5. The number of urea groups is 1. The lowest BCUT2D eigenvalue weighted by atomic mass is 10.0. The van der Waals surface area contributed by atoms with Crippen molar-refractivity contribution < 1.29 is 80.5 Å². The minimum absolute atomic E-state index is 0.00255. The number of unbranched alkanes of at least 4 members (excludes halogenated alkanes) is 3. The van der Waals surface area contributed by atoms with Gasteiger partial charge in [0.2, 0.25) is 17.7 Å². The quantitative estimate of drug-likeness (QED) is 0.0308. The van der Waals surface area contributed by atoms with Gasteiger partial charge in [0.1, 0.15) is 24.1 Å². The number of phosphoric ester groups is 1. The Hall–Kier alpha value is -3.26. The van der Waals surface area contributed by atoms with Crippen LogP contribution >= 0.6 is 35.2 Å². The first-order valence-corrected chi connectivity index (χ1v) is 25.0. The summed E-state index contributed by atoms with van der Waals surface area (Å²) < 4.78 is 52.2. The van der Waals surface area contributed by atoms with Crippen LogP contribution in [0.25, 0.3) is 6.08 Å². The Balaban J connectivity index is 1.06. The lowest BCUT2D eigenvalue weighted by molar-refractivity contribution is -0.122. The molecule has 30 heteroatoms. The highest BCUT2D eigenvalue weighted by molar-refractivity contribution is 8.00. The molecular formula is C32H53N8O18P3S. The molecule has 0 radical (unpaired) electrons. The molecule has 13 N–H and O–H groups in total. The summed E-state index contributed by atoms with van der Waals surface area (Å²) >= 11 is 1.86. The van der Waals surface area contributed by atoms with Gasteiger partial charge in [0, 0.05) is 61.7 Å². The number of aromatic nitrogens is 2. The molecular weight excluding hydrogens is 909 g/mol. The van der Waals surface area contributed by atoms with Crippen LogP contribution in [0, 0.1) is 0 Å². The molecule has 62 heavy (non-hydrogen) atoms. The number of aliphatic hydroxyl groups is 2. The predicted molar refractivity (Wildman–Crippen MR) is 218 cm³/mol. The molecule has 0 aromatic carbocycles. The molecule has 2 unspecified atom stereocenters. The fraction of sp³-hybridized carbons (Fsp3) is 0.688. The number of hydrogen-bond donors (Lipinski definition) is 12. The van der Waals surface area contributed by atoms with Crippen LogP contribution in [0.3, 0.4) is 0 Å². The molecule has 4 rings (SSSR count). The minimum Gasteiger partial charge on any atom is -0.387 e. The van der Waals surface area contributed by atoms with E-state index in [1.165, 1.54) is 12.2 Å². The van der Waals surface area contributed by atoms with Crippen molar-refractivity contribution in [2.45, 2.75) is 106 Å². The average Bonchev–Trinajstić information content (AvgIpc) is 3.81. The van der Waals surface area contributed by atoms with Gasteiger partial charge in [-0.1, -0.05) is 25.0 Å². The molecule has 3 fully saturated rings. The summed E-state index contributed by atoms with van der Waals surface area (Å²) in [4.78, 5) is 101. The molecule has 0 saturated carbocycles. The van der Waals surface area contributed by atoms with Crippen molar-refractivity contribution in [2.75, 3.05) is 37.7 Å². The van der Waals surface area contributed by atoms with E-state index in [0.29, 0.717) is 37.5 Å². The van der Waals surface area contributed by atoms with Crippen LogP contribution in [0.15, 0.2) is 17.1 Å². The van der Waals surface area contributed by atoms with Gasteiger partial charge in [-0.05, 0) is 32.1 Å². The van der Waals surface area contributed by atoms with Gasteiger partial charge < -0.3 is 66.8 Å². The Kier molecular flexibility index (Phi) is 19.6. The van der Waals surface area contributed by atoms with Crippen LogP contribution in [0.1, 0.15) is 76.0 Å². The molecule has 350 valence electrons. The summed E-state index contributed by atoms with van der Waals surface area (Å²) in [6, 6.07) is 0.255. The zero-order valence-electron chi connectivity index (χ0n) is 33.2. The van der Waals surface area contributed by atoms with Gasteiger partial charge >= 0.3 is 35.2 Å². The van der Waals surface area contributed by atoms with Crippen molar-refractivity contribution in [3.05, 3.63) is 28.3 Å². The zero-order chi connectivity index (χ0) is 45.7. The number of nitrogens with one attached hydrogen (secondary N) is 5. The first kappa shape index (κ1) is 51.4. The van der Waals surface area contributed by atoms with Crippen molar-refractivity contribution in [1.82, 2.24) is 36.1 Å². The third-order valence-electron chi connectivity index (χ3n) is 9.54. The highest BCUT2D eigenvalue weighted by atomic mass is 32.2. The number of fused-ring (bicyclic) bond motifs is 1. The molecule has 0 spiro atoms. The third-order valence-corrected chi connectivity index (χ3v) is 14.9. The van der Waals surface area contributed by atoms with Gasteiger partial charge in [0.05, 0.1) is 18.7 Å². The van der Waals surface area contributed by atoms with E-state index in [9.17, 15) is 57.7 Å². The maximum Gasteiger partial charge on any atom is 0.490 e. The fourth-order valence-corrected chi connectivity index (χ4v) is 11.1. The van der Waals surface area contributed by atoms with Gasteiger partial charge in [-0.2, -0.15) is 25.4 Å². The Morgan fingerprint density at radius 3 is 2.23 bits per heavy atom. The minimum atomic E-state index is -5.82. The number of hydrogen-bond acceptors (Lipinski definition) is 17. The smallest absolute Gasteiger partial charge is 0.387 e. The third kappa shape index (κ3) is 17.0. The van der Waals surface area contributed by atoms with E-state index in [0.717, 1.165) is 48.6 Å². The van der Waals surface area contributed by atoms with E-state index in [2.05, 4.69) is 44.7 Å². The number of nitrogens with two attached hydrogens (primary N) is 1. The normalized spacial score (nSPS) is 25.4. The molecule has 3 aliphatic heterocycles. The van der Waals surface area contributed by atoms with E-state index in [1.54, 1.807) is 0 Å². The van der Waals surface area contributed by atoms with Gasteiger partial charge in [-0.3, -0.25) is 23.5 Å². The number of thioether (sulfide) groups is 1. The highest BCUT2D eigenvalue weighted by Crippen LogP contribution is 2.66. The van der Waals surface area contributed by atoms with Crippen LogP contribution < -0.4 is 38.0 Å². The van der Waals surface area contributed by atoms with Gasteiger partial charge in [-0.15, -0.1) is 0 Å².